The molecule has 2 aromatic carbocycles. The first-order chi connectivity index (χ1) is 13.9. The third-order valence-electron chi connectivity index (χ3n) is 4.28. The number of ketones is 1. The molecule has 1 heterocycles. The lowest BCUT2D eigenvalue weighted by atomic mass is 10.0. The van der Waals surface area contributed by atoms with E-state index in [9.17, 15) is 14.4 Å². The van der Waals surface area contributed by atoms with E-state index < -0.39 is 11.8 Å². The second kappa shape index (κ2) is 9.03. The molecule has 0 fully saturated rings. The predicted molar refractivity (Wildman–Crippen MR) is 114 cm³/mol. The Morgan fingerprint density at radius 1 is 1.00 bits per heavy atom. The zero-order valence-electron chi connectivity index (χ0n) is 15.5. The summed E-state index contributed by atoms with van der Waals surface area (Å²) in [6, 6.07) is 11.6. The van der Waals surface area contributed by atoms with Gasteiger partial charge in [-0.1, -0.05) is 35.3 Å². The van der Waals surface area contributed by atoms with E-state index in [4.69, 9.17) is 23.2 Å². The second-order valence-corrected chi connectivity index (χ2v) is 7.20. The van der Waals surface area contributed by atoms with E-state index in [1.807, 2.05) is 0 Å². The van der Waals surface area contributed by atoms with Crippen molar-refractivity contribution in [1.29, 1.82) is 0 Å². The number of hydrogen-bond acceptors (Lipinski definition) is 4. The van der Waals surface area contributed by atoms with Crippen LogP contribution in [0.3, 0.4) is 0 Å². The van der Waals surface area contributed by atoms with Crippen molar-refractivity contribution in [3.05, 3.63) is 74.9 Å². The largest absolute Gasteiger partial charge is 0.354 e. The lowest BCUT2D eigenvalue weighted by molar-refractivity contribution is -0.118. The summed E-state index contributed by atoms with van der Waals surface area (Å²) in [7, 11) is 1.48. The quantitative estimate of drug-likeness (QED) is 0.683. The van der Waals surface area contributed by atoms with Gasteiger partial charge in [0.05, 0.1) is 5.57 Å². The van der Waals surface area contributed by atoms with Gasteiger partial charge in [-0.15, -0.1) is 0 Å². The van der Waals surface area contributed by atoms with Gasteiger partial charge in [0.15, 0.2) is 5.78 Å². The van der Waals surface area contributed by atoms with Crippen molar-refractivity contribution in [1.82, 2.24) is 5.32 Å². The van der Waals surface area contributed by atoms with Gasteiger partial charge in [0.2, 0.25) is 0 Å². The number of benzene rings is 2. The molecule has 0 saturated carbocycles. The third-order valence-corrected chi connectivity index (χ3v) is 4.72. The molecule has 0 spiro atoms. The van der Waals surface area contributed by atoms with Crippen LogP contribution >= 0.6 is 23.2 Å². The Morgan fingerprint density at radius 2 is 1.66 bits per heavy atom. The van der Waals surface area contributed by atoms with Gasteiger partial charge in [0.25, 0.3) is 11.8 Å². The maximum atomic E-state index is 12.4. The van der Waals surface area contributed by atoms with Crippen molar-refractivity contribution in [3.63, 3.8) is 0 Å². The SMILES string of the molecule is CNC(=O)C1=C(C(=O)Nc2ccc(CC(=O)c3cc(Cl)cc(Cl)c3)cc2)CC=N1. The van der Waals surface area contributed by atoms with Crippen LogP contribution in [0.5, 0.6) is 0 Å². The predicted octanol–water partition coefficient (Wildman–Crippen LogP) is 3.83. The standard InChI is InChI=1S/C21H17Cl2N3O3/c1-24-21(29)19-17(6-7-25-19)20(28)26-16-4-2-12(3-5-16)8-18(27)13-9-14(22)11-15(23)10-13/h2-5,7,9-11H,6,8H2,1H3,(H,24,29)(H,26,28). The smallest absolute Gasteiger partial charge is 0.270 e. The Morgan fingerprint density at radius 3 is 2.28 bits per heavy atom. The number of amides is 2. The number of hydrogen-bond donors (Lipinski definition) is 2. The van der Waals surface area contributed by atoms with E-state index >= 15 is 0 Å². The molecule has 0 radical (unpaired) electrons. The molecule has 2 aromatic rings. The lowest BCUT2D eigenvalue weighted by Gasteiger charge is -2.08. The highest BCUT2D eigenvalue weighted by molar-refractivity contribution is 6.35. The number of halogens is 2. The maximum Gasteiger partial charge on any atom is 0.270 e. The van der Waals surface area contributed by atoms with Gasteiger partial charge in [-0.2, -0.15) is 0 Å². The minimum absolute atomic E-state index is 0.116. The minimum atomic E-state index is -0.404. The molecule has 2 amide bonds. The van der Waals surface area contributed by atoms with Gasteiger partial charge in [-0.05, 0) is 35.9 Å². The van der Waals surface area contributed by atoms with Crippen molar-refractivity contribution in [2.75, 3.05) is 12.4 Å². The molecule has 0 saturated heterocycles. The highest BCUT2D eigenvalue weighted by atomic mass is 35.5. The average molecular weight is 430 g/mol. The third kappa shape index (κ3) is 5.10. The van der Waals surface area contributed by atoms with E-state index in [0.717, 1.165) is 5.56 Å². The maximum absolute atomic E-state index is 12.4. The summed E-state index contributed by atoms with van der Waals surface area (Å²) in [5.74, 6) is -0.910. The monoisotopic (exact) mass is 429 g/mol. The Kier molecular flexibility index (Phi) is 6.46. The fourth-order valence-corrected chi connectivity index (χ4v) is 3.36. The van der Waals surface area contributed by atoms with Gasteiger partial charge in [-0.3, -0.25) is 19.4 Å². The number of rotatable bonds is 6. The summed E-state index contributed by atoms with van der Waals surface area (Å²) in [4.78, 5) is 40.6. The van der Waals surface area contributed by atoms with Crippen LogP contribution in [-0.2, 0) is 16.0 Å². The first kappa shape index (κ1) is 20.8. The van der Waals surface area contributed by atoms with E-state index in [1.54, 1.807) is 42.5 Å². The minimum Gasteiger partial charge on any atom is -0.354 e. The Balaban J connectivity index is 1.67. The van der Waals surface area contributed by atoms with Crippen LogP contribution in [-0.4, -0.2) is 30.9 Å². The van der Waals surface area contributed by atoms with Crippen LogP contribution in [0.4, 0.5) is 5.69 Å². The fraction of sp³-hybridized carbons (Fsp3) is 0.143. The van der Waals surface area contributed by atoms with Crippen LogP contribution in [0.25, 0.3) is 0 Å². The fourth-order valence-electron chi connectivity index (χ4n) is 2.83. The van der Waals surface area contributed by atoms with Gasteiger partial charge < -0.3 is 10.6 Å². The van der Waals surface area contributed by atoms with Gasteiger partial charge in [0.1, 0.15) is 5.70 Å². The van der Waals surface area contributed by atoms with E-state index in [-0.39, 0.29) is 17.9 Å². The zero-order chi connectivity index (χ0) is 21.0. The van der Waals surface area contributed by atoms with Crippen LogP contribution < -0.4 is 10.6 Å². The summed E-state index contributed by atoms with van der Waals surface area (Å²) in [5.41, 5.74) is 2.19. The number of carbonyl (C=O) groups excluding carboxylic acids is 3. The number of aliphatic imine (C=N–C) groups is 1. The van der Waals surface area contributed by atoms with Crippen LogP contribution in [0.1, 0.15) is 22.3 Å². The molecule has 3 rings (SSSR count). The molecule has 0 aliphatic carbocycles. The molecule has 1 aliphatic rings. The highest BCUT2D eigenvalue weighted by Crippen LogP contribution is 2.22. The molecule has 0 bridgehead atoms. The molecule has 1 aliphatic heterocycles. The number of Topliss-reactive ketones (excluding diaryl/α,β-unsaturated/α-hetero) is 1. The molecule has 0 atom stereocenters. The topological polar surface area (TPSA) is 87.6 Å². The molecule has 148 valence electrons. The van der Waals surface area contributed by atoms with Crippen molar-refractivity contribution in [3.8, 4) is 0 Å². The van der Waals surface area contributed by atoms with Crippen molar-refractivity contribution in [2.45, 2.75) is 12.8 Å². The second-order valence-electron chi connectivity index (χ2n) is 6.33. The number of anilines is 1. The molecule has 0 aromatic heterocycles. The van der Waals surface area contributed by atoms with Crippen molar-refractivity contribution >= 4 is 52.7 Å². The van der Waals surface area contributed by atoms with E-state index in [1.165, 1.54) is 13.3 Å². The lowest BCUT2D eigenvalue weighted by Crippen LogP contribution is -2.23. The number of nitrogens with one attached hydrogen (secondary N) is 2. The first-order valence-corrected chi connectivity index (χ1v) is 9.50. The average Bonchev–Trinajstić information content (AvgIpc) is 3.18. The molecule has 8 heteroatoms. The molecular weight excluding hydrogens is 413 g/mol. The summed E-state index contributed by atoms with van der Waals surface area (Å²) in [5, 5.41) is 6.01. The Bertz CT molecular complexity index is 1020. The Labute approximate surface area is 177 Å². The molecule has 0 unspecified atom stereocenters. The van der Waals surface area contributed by atoms with Gasteiger partial charge in [-0.25, -0.2) is 0 Å². The summed E-state index contributed by atoms with van der Waals surface area (Å²) in [6.45, 7) is 0. The Hall–Kier alpha value is -2.96. The normalized spacial score (nSPS) is 12.8. The van der Waals surface area contributed by atoms with Crippen LogP contribution in [0, 0.1) is 0 Å². The first-order valence-electron chi connectivity index (χ1n) is 8.74. The molecular formula is C21H17Cl2N3O3. The number of nitrogens with zero attached hydrogens (tertiary/aromatic N) is 1. The summed E-state index contributed by atoms with van der Waals surface area (Å²) in [6.07, 6.45) is 1.99. The highest BCUT2D eigenvalue weighted by Gasteiger charge is 2.23. The zero-order valence-corrected chi connectivity index (χ0v) is 17.0. The van der Waals surface area contributed by atoms with Crippen LogP contribution in [0.2, 0.25) is 10.0 Å². The van der Waals surface area contributed by atoms with Crippen LogP contribution in [0.15, 0.2) is 58.7 Å². The van der Waals surface area contributed by atoms with Gasteiger partial charge >= 0.3 is 0 Å². The van der Waals surface area contributed by atoms with E-state index in [2.05, 4.69) is 15.6 Å². The van der Waals surface area contributed by atoms with Crippen molar-refractivity contribution in [2.24, 2.45) is 4.99 Å². The molecule has 6 nitrogen and oxygen atoms in total. The van der Waals surface area contributed by atoms with E-state index in [0.29, 0.717) is 33.3 Å². The van der Waals surface area contributed by atoms with Gasteiger partial charge in [0, 0.05) is 47.4 Å². The van der Waals surface area contributed by atoms with Crippen molar-refractivity contribution < 1.29 is 14.4 Å². The molecule has 29 heavy (non-hydrogen) atoms. The number of likely N-dealkylation sites (N-methyl/N-ethyl adjacent to an activating group) is 1. The molecule has 2 N–H and O–H groups in total. The number of carbonyl (C=O) groups is 3. The summed E-state index contributed by atoms with van der Waals surface area (Å²) >= 11 is 11.9. The summed E-state index contributed by atoms with van der Waals surface area (Å²) < 4.78 is 0.